The van der Waals surface area contributed by atoms with Gasteiger partial charge in [0.25, 0.3) is 0 Å². The molecular formula is C41H53N7O5. The fourth-order valence-electron chi connectivity index (χ4n) is 8.60. The molecule has 0 unspecified atom stereocenters. The molecule has 4 heterocycles. The van der Waals surface area contributed by atoms with Crippen molar-refractivity contribution in [2.45, 2.75) is 63.6 Å². The van der Waals surface area contributed by atoms with E-state index in [0.717, 1.165) is 73.0 Å². The lowest BCUT2D eigenvalue weighted by atomic mass is 9.96. The second-order valence-corrected chi connectivity index (χ2v) is 14.8. The van der Waals surface area contributed by atoms with Gasteiger partial charge in [0.05, 0.1) is 13.2 Å². The Labute approximate surface area is 312 Å². The Kier molecular flexibility index (Phi) is 11.7. The summed E-state index contributed by atoms with van der Waals surface area (Å²) in [6.07, 6.45) is 4.31. The van der Waals surface area contributed by atoms with E-state index >= 15 is 0 Å². The van der Waals surface area contributed by atoms with E-state index in [1.54, 1.807) is 4.90 Å². The molecule has 2 N–H and O–H groups in total. The minimum absolute atomic E-state index is 0.0420. The van der Waals surface area contributed by atoms with Crippen LogP contribution < -0.4 is 10.6 Å². The Morgan fingerprint density at radius 3 is 2.25 bits per heavy atom. The molecule has 3 fully saturated rings. The third-order valence-corrected chi connectivity index (χ3v) is 11.6. The molecule has 1 atom stereocenters. The van der Waals surface area contributed by atoms with Crippen LogP contribution in [0.5, 0.6) is 0 Å². The lowest BCUT2D eigenvalue weighted by Gasteiger charge is -2.43. The zero-order valence-electron chi connectivity index (χ0n) is 30.9. The third kappa shape index (κ3) is 8.76. The number of ether oxygens (including phenoxy) is 1. The number of fused-ring (bicyclic) bond motifs is 2. The summed E-state index contributed by atoms with van der Waals surface area (Å²) < 4.78 is 5.13. The van der Waals surface area contributed by atoms with Crippen LogP contribution in [0.3, 0.4) is 0 Å². The van der Waals surface area contributed by atoms with Gasteiger partial charge in [-0.25, -0.2) is 9.59 Å². The van der Waals surface area contributed by atoms with Crippen LogP contribution in [0.15, 0.2) is 66.7 Å². The van der Waals surface area contributed by atoms with E-state index in [1.807, 2.05) is 53.1 Å². The first kappa shape index (κ1) is 36.7. The number of amides is 5. The predicted octanol–water partition coefficient (Wildman–Crippen LogP) is 4.19. The van der Waals surface area contributed by atoms with Gasteiger partial charge in [0.1, 0.15) is 6.04 Å². The molecule has 0 spiro atoms. The highest BCUT2D eigenvalue weighted by Gasteiger charge is 2.36. The molecular weight excluding hydrogens is 670 g/mol. The topological polar surface area (TPSA) is 118 Å². The maximum atomic E-state index is 14.3. The standard InChI is InChI=1S/C41H53N7O5/c1-2-53-38(49)29-44-24-26-45(27-25-44)33-15-19-46(20-16-33)39(50)37(28-32-11-7-10-30-8-3-5-12-35(30)32)43-40(51)47-21-17-34(18-22-47)48-23-14-31-9-4-6-13-36(31)42-41(48)52/h3-13,33-34,37H,2,14-29H2,1H3,(H,42,52)(H,43,51)/t37-/m1/s1. The largest absolute Gasteiger partial charge is 0.465 e. The Hall–Kier alpha value is -4.68. The van der Waals surface area contributed by atoms with Gasteiger partial charge in [-0.1, -0.05) is 60.7 Å². The highest BCUT2D eigenvalue weighted by atomic mass is 16.5. The van der Waals surface area contributed by atoms with E-state index in [-0.39, 0.29) is 30.0 Å². The number of hydrogen-bond donors (Lipinski definition) is 2. The van der Waals surface area contributed by atoms with Crippen LogP contribution in [0, 0.1) is 0 Å². The molecule has 4 aliphatic heterocycles. The maximum absolute atomic E-state index is 14.3. The number of nitrogens with one attached hydrogen (secondary N) is 2. The number of benzene rings is 3. The van der Waals surface area contributed by atoms with Crippen LogP contribution in [-0.4, -0.2) is 139 Å². The molecule has 12 heteroatoms. The van der Waals surface area contributed by atoms with Crippen LogP contribution in [-0.2, 0) is 27.2 Å². The Balaban J connectivity index is 0.967. The predicted molar refractivity (Wildman–Crippen MR) is 205 cm³/mol. The van der Waals surface area contributed by atoms with E-state index in [2.05, 4.69) is 50.8 Å². The zero-order valence-corrected chi connectivity index (χ0v) is 30.9. The van der Waals surface area contributed by atoms with Crippen molar-refractivity contribution in [3.05, 3.63) is 77.9 Å². The summed E-state index contributed by atoms with van der Waals surface area (Å²) in [5.41, 5.74) is 3.04. The second kappa shape index (κ2) is 17.0. The van der Waals surface area contributed by atoms with Crippen molar-refractivity contribution < 1.29 is 23.9 Å². The molecule has 3 aromatic carbocycles. The van der Waals surface area contributed by atoms with E-state index in [4.69, 9.17) is 4.74 Å². The van der Waals surface area contributed by atoms with Gasteiger partial charge in [-0.2, -0.15) is 0 Å². The molecule has 7 rings (SSSR count). The summed E-state index contributed by atoms with van der Waals surface area (Å²) in [4.78, 5) is 63.7. The molecule has 4 aliphatic rings. The van der Waals surface area contributed by atoms with E-state index in [0.29, 0.717) is 71.2 Å². The summed E-state index contributed by atoms with van der Waals surface area (Å²) in [6, 6.07) is 21.7. The maximum Gasteiger partial charge on any atom is 0.322 e. The normalized spacial score (nSPS) is 20.0. The van der Waals surface area contributed by atoms with Gasteiger partial charge in [-0.3, -0.25) is 19.4 Å². The first-order valence-electron chi connectivity index (χ1n) is 19.4. The van der Waals surface area contributed by atoms with Crippen molar-refractivity contribution in [1.82, 2.24) is 29.8 Å². The molecule has 0 aliphatic carbocycles. The minimum Gasteiger partial charge on any atom is -0.465 e. The number of piperazine rings is 1. The molecule has 0 bridgehead atoms. The van der Waals surface area contributed by atoms with E-state index < -0.39 is 6.04 Å². The van der Waals surface area contributed by atoms with Gasteiger partial charge < -0.3 is 30.1 Å². The molecule has 282 valence electrons. The highest BCUT2D eigenvalue weighted by molar-refractivity contribution is 5.92. The summed E-state index contributed by atoms with van der Waals surface area (Å²) >= 11 is 0. The molecule has 0 saturated carbocycles. The lowest BCUT2D eigenvalue weighted by molar-refractivity contribution is -0.145. The van der Waals surface area contributed by atoms with Crippen molar-refractivity contribution in [3.8, 4) is 0 Å². The summed E-state index contributed by atoms with van der Waals surface area (Å²) in [5.74, 6) is -0.212. The van der Waals surface area contributed by atoms with Crippen molar-refractivity contribution in [2.24, 2.45) is 0 Å². The summed E-state index contributed by atoms with van der Waals surface area (Å²) in [5, 5.41) is 8.44. The summed E-state index contributed by atoms with van der Waals surface area (Å²) in [7, 11) is 0. The third-order valence-electron chi connectivity index (χ3n) is 11.6. The zero-order chi connectivity index (χ0) is 36.7. The number of nitrogens with zero attached hydrogens (tertiary/aromatic N) is 5. The van der Waals surface area contributed by atoms with Crippen molar-refractivity contribution >= 4 is 40.4 Å². The van der Waals surface area contributed by atoms with Crippen LogP contribution in [0.1, 0.15) is 43.7 Å². The first-order chi connectivity index (χ1) is 25.9. The Bertz CT molecular complexity index is 1760. The van der Waals surface area contributed by atoms with Gasteiger partial charge in [0, 0.05) is 83.1 Å². The number of anilines is 1. The fraction of sp³-hybridized carbons (Fsp3) is 0.512. The van der Waals surface area contributed by atoms with Gasteiger partial charge in [-0.15, -0.1) is 0 Å². The molecule has 0 radical (unpaired) electrons. The van der Waals surface area contributed by atoms with Gasteiger partial charge in [0.15, 0.2) is 0 Å². The van der Waals surface area contributed by atoms with E-state index in [9.17, 15) is 19.2 Å². The van der Waals surface area contributed by atoms with Crippen molar-refractivity contribution in [1.29, 1.82) is 0 Å². The monoisotopic (exact) mass is 723 g/mol. The smallest absolute Gasteiger partial charge is 0.322 e. The van der Waals surface area contributed by atoms with Gasteiger partial charge in [0.2, 0.25) is 5.91 Å². The molecule has 3 aromatic rings. The number of para-hydroxylation sites is 1. The quantitative estimate of drug-likeness (QED) is 0.318. The Morgan fingerprint density at radius 2 is 1.47 bits per heavy atom. The minimum atomic E-state index is -0.705. The van der Waals surface area contributed by atoms with Crippen LogP contribution in [0.2, 0.25) is 0 Å². The first-order valence-corrected chi connectivity index (χ1v) is 19.4. The number of piperidine rings is 2. The summed E-state index contributed by atoms with van der Waals surface area (Å²) in [6.45, 7) is 8.96. The average Bonchev–Trinajstić information content (AvgIpc) is 3.36. The lowest BCUT2D eigenvalue weighted by Crippen LogP contribution is -2.58. The SMILES string of the molecule is CCOC(=O)CN1CCN(C2CCN(C(=O)[C@@H](Cc3cccc4ccccc34)NC(=O)N3CCC(N4CCc5ccccc5NC4=O)CC3)CC2)CC1. The second-order valence-electron chi connectivity index (χ2n) is 14.8. The number of rotatable bonds is 9. The Morgan fingerprint density at radius 1 is 0.792 bits per heavy atom. The van der Waals surface area contributed by atoms with E-state index in [1.165, 1.54) is 0 Å². The van der Waals surface area contributed by atoms with Crippen LogP contribution >= 0.6 is 0 Å². The van der Waals surface area contributed by atoms with Crippen molar-refractivity contribution in [2.75, 3.05) is 77.4 Å². The molecule has 5 amide bonds. The van der Waals surface area contributed by atoms with Crippen molar-refractivity contribution in [3.63, 3.8) is 0 Å². The number of carbonyl (C=O) groups excluding carboxylic acids is 4. The number of urea groups is 2. The number of carbonyl (C=O) groups is 4. The van der Waals surface area contributed by atoms with Gasteiger partial charge in [-0.05, 0) is 67.0 Å². The fourth-order valence-corrected chi connectivity index (χ4v) is 8.60. The number of esters is 1. The van der Waals surface area contributed by atoms with Gasteiger partial charge >= 0.3 is 18.0 Å². The molecule has 12 nitrogen and oxygen atoms in total. The number of hydrogen-bond acceptors (Lipinski definition) is 7. The number of likely N-dealkylation sites (tertiary alicyclic amines) is 2. The average molecular weight is 724 g/mol. The molecule has 0 aromatic heterocycles. The van der Waals surface area contributed by atoms with Crippen LogP contribution in [0.4, 0.5) is 15.3 Å². The van der Waals surface area contributed by atoms with Crippen LogP contribution in [0.25, 0.3) is 10.8 Å². The highest BCUT2D eigenvalue weighted by Crippen LogP contribution is 2.26. The molecule has 53 heavy (non-hydrogen) atoms. The molecule has 3 saturated heterocycles.